The van der Waals surface area contributed by atoms with Gasteiger partial charge in [-0.05, 0) is 76.6 Å². The molecule has 22 nitrogen and oxygen atoms in total. The van der Waals surface area contributed by atoms with Gasteiger partial charge in [0.25, 0.3) is 0 Å². The van der Waals surface area contributed by atoms with Gasteiger partial charge in [-0.2, -0.15) is 44.5 Å². The molecule has 9 aromatic heterocycles. The SMILES string of the molecule is CC(C)(Nc1ccnc(-c2c[nH]c3ncccc23)n1)C(=O)NCC(F)(F)F.CC[C@@](C)(Nc1nc(-c2c[nH]c3ncccc23)ncc1F)C(=O)NCC(F)(F)F.C[C@@H](Nc1ncnc(-c2c[nH]c3ncccc23)n1)C(=O)NCC(F)(F)F.[HH].[HH].[HH].[HH].[HH].[HH].[HH]. The number of aromatic nitrogens is 13. The van der Waals surface area contributed by atoms with E-state index in [1.54, 1.807) is 73.7 Å². The third-order valence-electron chi connectivity index (χ3n) is 11.8. The van der Waals surface area contributed by atoms with Gasteiger partial charge in [0.05, 0.1) is 6.20 Å². The van der Waals surface area contributed by atoms with Gasteiger partial charge in [0.1, 0.15) is 65.8 Å². The molecule has 9 rings (SSSR count). The van der Waals surface area contributed by atoms with E-state index in [0.717, 1.165) is 22.5 Å². The number of carbonyl (C=O) groups is 3. The highest BCUT2D eigenvalue weighted by molar-refractivity contribution is 5.94. The van der Waals surface area contributed by atoms with E-state index in [-0.39, 0.29) is 34.0 Å². The summed E-state index contributed by atoms with van der Waals surface area (Å²) in [4.78, 5) is 86.5. The van der Waals surface area contributed by atoms with Gasteiger partial charge in [-0.25, -0.2) is 49.2 Å². The van der Waals surface area contributed by atoms with Crippen molar-refractivity contribution in [2.24, 2.45) is 0 Å². The molecule has 9 aromatic rings. The summed E-state index contributed by atoms with van der Waals surface area (Å²) in [6.45, 7) is 3.03. The van der Waals surface area contributed by atoms with Crippen molar-refractivity contribution in [1.29, 1.82) is 0 Å². The highest BCUT2D eigenvalue weighted by atomic mass is 19.4. The fraction of sp³-hybridized carbons (Fsp3) is 0.300. The number of amides is 3. The van der Waals surface area contributed by atoms with Gasteiger partial charge >= 0.3 is 18.5 Å². The zero-order valence-electron chi connectivity index (χ0n) is 43.6. The molecule has 0 saturated heterocycles. The number of halogens is 10. The first kappa shape index (κ1) is 60.0. The smallest absolute Gasteiger partial charge is 0.356 e. The van der Waals surface area contributed by atoms with E-state index in [0.29, 0.717) is 50.9 Å². The van der Waals surface area contributed by atoms with E-state index in [1.165, 1.54) is 46.3 Å². The van der Waals surface area contributed by atoms with Crippen LogP contribution in [0.2, 0.25) is 0 Å². The summed E-state index contributed by atoms with van der Waals surface area (Å²) in [5.41, 5.74) is 1.09. The summed E-state index contributed by atoms with van der Waals surface area (Å²) < 4.78 is 125. The molecule has 32 heteroatoms. The Hall–Kier alpha value is -9.65. The van der Waals surface area contributed by atoms with Crippen LogP contribution in [-0.2, 0) is 14.4 Å². The Morgan fingerprint density at radius 1 is 0.573 bits per heavy atom. The molecule has 2 atom stereocenters. The predicted molar refractivity (Wildman–Crippen MR) is 294 cm³/mol. The Kier molecular flexibility index (Phi) is 18.1. The van der Waals surface area contributed by atoms with Gasteiger partial charge in [-0.1, -0.05) is 6.92 Å². The second-order valence-electron chi connectivity index (χ2n) is 18.4. The molecule has 0 radical (unpaired) electrons. The quantitative estimate of drug-likeness (QED) is 0.0407. The number of nitrogens with zero attached hydrogens (tertiary/aromatic N) is 10. The number of fused-ring (bicyclic) bond motifs is 3. The molecule has 446 valence electrons. The second kappa shape index (κ2) is 24.8. The zero-order valence-corrected chi connectivity index (χ0v) is 43.6. The van der Waals surface area contributed by atoms with E-state index in [9.17, 15) is 58.3 Å². The summed E-state index contributed by atoms with van der Waals surface area (Å²) in [7, 11) is 0. The maximum Gasteiger partial charge on any atom is 0.405 e. The lowest BCUT2D eigenvalue weighted by Gasteiger charge is -2.29. The van der Waals surface area contributed by atoms with Crippen molar-refractivity contribution in [1.82, 2.24) is 80.7 Å². The van der Waals surface area contributed by atoms with Crippen LogP contribution in [-0.4, -0.2) is 138 Å². The van der Waals surface area contributed by atoms with Gasteiger partial charge in [0.15, 0.2) is 29.1 Å². The maximum atomic E-state index is 14.3. The van der Waals surface area contributed by atoms with Crippen molar-refractivity contribution in [3.63, 3.8) is 0 Å². The third-order valence-corrected chi connectivity index (χ3v) is 11.8. The number of pyridine rings is 3. The van der Waals surface area contributed by atoms with Crippen LogP contribution in [0.1, 0.15) is 51.0 Å². The Morgan fingerprint density at radius 2 is 1.05 bits per heavy atom. The minimum Gasteiger partial charge on any atom is -0.356 e. The molecule has 9 heterocycles. The van der Waals surface area contributed by atoms with E-state index >= 15 is 0 Å². The maximum absolute atomic E-state index is 14.3. The molecule has 3 amide bonds. The fourth-order valence-electron chi connectivity index (χ4n) is 7.38. The normalized spacial score (nSPS) is 13.0. The molecule has 0 spiro atoms. The molecule has 0 aromatic carbocycles. The van der Waals surface area contributed by atoms with Crippen molar-refractivity contribution >= 4 is 68.4 Å². The number of aromatic amines is 3. The number of hydrogen-bond donors (Lipinski definition) is 9. The second-order valence-corrected chi connectivity index (χ2v) is 18.4. The summed E-state index contributed by atoms with van der Waals surface area (Å²) in [5.74, 6) is -2.38. The Bertz CT molecular complexity index is 3710. The van der Waals surface area contributed by atoms with Crippen molar-refractivity contribution in [2.75, 3.05) is 35.6 Å². The van der Waals surface area contributed by atoms with Crippen LogP contribution in [0.4, 0.5) is 61.5 Å². The minimum absolute atomic E-state index is 0. The molecule has 0 aliphatic rings. The van der Waals surface area contributed by atoms with Gasteiger partial charge < -0.3 is 46.9 Å². The van der Waals surface area contributed by atoms with Gasteiger partial charge in [-0.15, -0.1) is 0 Å². The largest absolute Gasteiger partial charge is 0.405 e. The van der Waals surface area contributed by atoms with Crippen LogP contribution >= 0.6 is 0 Å². The van der Waals surface area contributed by atoms with Crippen LogP contribution in [0.3, 0.4) is 0 Å². The first-order valence-corrected chi connectivity index (χ1v) is 24.3. The van der Waals surface area contributed by atoms with Crippen LogP contribution in [0, 0.1) is 5.82 Å². The molecule has 0 saturated carbocycles. The Labute approximate surface area is 467 Å². The fourth-order valence-corrected chi connectivity index (χ4v) is 7.38. The lowest BCUT2D eigenvalue weighted by atomic mass is 9.97. The molecule has 0 fully saturated rings. The zero-order chi connectivity index (χ0) is 59.6. The van der Waals surface area contributed by atoms with Crippen LogP contribution in [0.5, 0.6) is 0 Å². The van der Waals surface area contributed by atoms with E-state index in [2.05, 4.69) is 80.7 Å². The summed E-state index contributed by atoms with van der Waals surface area (Å²) in [6.07, 6.45) is 0.205. The molecule has 9 N–H and O–H groups in total. The van der Waals surface area contributed by atoms with E-state index in [4.69, 9.17) is 0 Å². The molecule has 0 aliphatic heterocycles. The first-order chi connectivity index (χ1) is 38.6. The molecular weight excluding hydrogens is 1100 g/mol. The van der Waals surface area contributed by atoms with E-state index < -0.39 is 78.8 Å². The van der Waals surface area contributed by atoms with E-state index in [1.807, 2.05) is 22.8 Å². The topological polar surface area (TPSA) is 300 Å². The summed E-state index contributed by atoms with van der Waals surface area (Å²) in [6, 6.07) is 11.4. The number of carbonyl (C=O) groups excluding carboxylic acids is 3. The van der Waals surface area contributed by atoms with Crippen LogP contribution in [0.15, 0.2) is 98.4 Å². The average Bonchev–Trinajstić information content (AvgIpc) is 4.41. The Balaban J connectivity index is 0.00000126. The van der Waals surface area contributed by atoms with Crippen LogP contribution in [0.25, 0.3) is 67.3 Å². The van der Waals surface area contributed by atoms with Crippen molar-refractivity contribution in [2.45, 2.75) is 76.7 Å². The molecule has 0 unspecified atom stereocenters. The monoisotopic (exact) mass is 1170 g/mol. The van der Waals surface area contributed by atoms with Gasteiger partial charge in [0, 0.05) is 86.2 Å². The van der Waals surface area contributed by atoms with Crippen molar-refractivity contribution in [3.8, 4) is 34.2 Å². The lowest BCUT2D eigenvalue weighted by Crippen LogP contribution is -2.52. The molecular formula is C50H63F10N19O3. The van der Waals surface area contributed by atoms with Crippen LogP contribution < -0.4 is 31.9 Å². The first-order valence-electron chi connectivity index (χ1n) is 24.3. The predicted octanol–water partition coefficient (Wildman–Crippen LogP) is 9.92. The number of rotatable bonds is 16. The highest BCUT2D eigenvalue weighted by Gasteiger charge is 2.37. The van der Waals surface area contributed by atoms with Crippen molar-refractivity contribution < 1.29 is 68.3 Å². The van der Waals surface area contributed by atoms with Gasteiger partial charge in [-0.3, -0.25) is 14.4 Å². The number of alkyl halides is 9. The lowest BCUT2D eigenvalue weighted by molar-refractivity contribution is -0.140. The standard InChI is InChI=1S/C18H18F4N6O.C17H17F3N6O.C15H14F3N7O.7H2/c1-3-17(2,16(29)26-9-18(20,21)22)28-15-12(19)8-25-14(27-15)11-7-24-13-10(11)5-4-6-23-13;1-16(2,15(27)24-9-17(18,19)20)26-12-5-7-22-14(25-12)11-8-23-13-10(11)4-3-6-21-13;1-8(13(26)21-6-15(16,17)18)24-14-23-7-22-12(25-14)10-5-20-11-9(10)3-2-4-19-11;;;;;;;/h4-8H,3,9H2,1-2H3,(H,23,24)(H,26,29)(H,25,27,28);3-8H,9H2,1-2H3,(H,21,23)(H,24,27)(H,22,25,26);2-5,7-8H,6H2,1H3,(H,19,20)(H,21,26)(H,22,23,24,25);7*1H/t17-;;8-;;;;;;;/m1.1......./s1. The number of nitrogens with one attached hydrogen (secondary N) is 9. The van der Waals surface area contributed by atoms with Crippen molar-refractivity contribution in [3.05, 3.63) is 104 Å². The number of H-pyrrole nitrogens is 3. The number of anilines is 3. The number of hydrogen-bond acceptors (Lipinski definition) is 16. The molecule has 82 heavy (non-hydrogen) atoms. The Morgan fingerprint density at radius 3 is 1.55 bits per heavy atom. The highest BCUT2D eigenvalue weighted by Crippen LogP contribution is 2.30. The summed E-state index contributed by atoms with van der Waals surface area (Å²) >= 11 is 0. The molecule has 0 bridgehead atoms. The summed E-state index contributed by atoms with van der Waals surface area (Å²) in [5, 5.41) is 16.0. The third kappa shape index (κ3) is 15.8. The molecule has 0 aliphatic carbocycles. The van der Waals surface area contributed by atoms with Gasteiger partial charge in [0.2, 0.25) is 23.7 Å². The average molecular weight is 1170 g/mol. The minimum atomic E-state index is -4.55.